The number of methoxy groups -OCH3 is 1. The number of carbonyl (C=O) groups excluding carboxylic acids is 2. The number of carbonyl (C=O) groups is 2. The standard InChI is InChI=1S/C27H31N3O5S/c1-20-10-16-25(17-11-20)36(33,34)30(23-8-6-5-7-9-23)19-26(31)29(21(2)27(32)28-3)18-22-12-14-24(35-4)15-13-22/h5-17,21H,18-19H2,1-4H3,(H,28,32). The second-order valence-electron chi connectivity index (χ2n) is 8.32. The number of para-hydroxylation sites is 1. The summed E-state index contributed by atoms with van der Waals surface area (Å²) in [7, 11) is -1.01. The predicted octanol–water partition coefficient (Wildman–Crippen LogP) is 3.36. The summed E-state index contributed by atoms with van der Waals surface area (Å²) >= 11 is 0. The monoisotopic (exact) mass is 509 g/mol. The molecule has 1 atom stereocenters. The summed E-state index contributed by atoms with van der Waals surface area (Å²) in [5.41, 5.74) is 2.04. The summed E-state index contributed by atoms with van der Waals surface area (Å²) in [5, 5.41) is 2.57. The molecule has 0 aliphatic heterocycles. The van der Waals surface area contributed by atoms with Gasteiger partial charge < -0.3 is 15.0 Å². The lowest BCUT2D eigenvalue weighted by Crippen LogP contribution is -2.50. The summed E-state index contributed by atoms with van der Waals surface area (Å²) in [6, 6.07) is 21.2. The molecule has 36 heavy (non-hydrogen) atoms. The summed E-state index contributed by atoms with van der Waals surface area (Å²) in [4.78, 5) is 27.6. The summed E-state index contributed by atoms with van der Waals surface area (Å²) in [6.07, 6.45) is 0. The first-order chi connectivity index (χ1) is 17.2. The summed E-state index contributed by atoms with van der Waals surface area (Å²) < 4.78 is 33.6. The number of rotatable bonds is 10. The highest BCUT2D eigenvalue weighted by Crippen LogP contribution is 2.25. The highest BCUT2D eigenvalue weighted by molar-refractivity contribution is 7.92. The Bertz CT molecular complexity index is 1280. The summed E-state index contributed by atoms with van der Waals surface area (Å²) in [5.74, 6) is -0.207. The SMILES string of the molecule is CNC(=O)C(C)N(Cc1ccc(OC)cc1)C(=O)CN(c1ccccc1)S(=O)(=O)c1ccc(C)cc1. The van der Waals surface area contributed by atoms with Crippen LogP contribution in [-0.2, 0) is 26.2 Å². The largest absolute Gasteiger partial charge is 0.497 e. The molecular weight excluding hydrogens is 478 g/mol. The fourth-order valence-corrected chi connectivity index (χ4v) is 5.09. The van der Waals surface area contributed by atoms with Gasteiger partial charge in [0.1, 0.15) is 18.3 Å². The van der Waals surface area contributed by atoms with Gasteiger partial charge in [0.25, 0.3) is 10.0 Å². The van der Waals surface area contributed by atoms with E-state index < -0.39 is 28.5 Å². The van der Waals surface area contributed by atoms with Gasteiger partial charge in [-0.25, -0.2) is 8.42 Å². The number of sulfonamides is 1. The van der Waals surface area contributed by atoms with Gasteiger partial charge in [-0.2, -0.15) is 0 Å². The van der Waals surface area contributed by atoms with Gasteiger partial charge in [0.05, 0.1) is 17.7 Å². The Kier molecular flexibility index (Phi) is 8.71. The molecule has 0 saturated heterocycles. The van der Waals surface area contributed by atoms with E-state index in [4.69, 9.17) is 4.74 Å². The van der Waals surface area contributed by atoms with Crippen LogP contribution in [0.4, 0.5) is 5.69 Å². The van der Waals surface area contributed by atoms with Crippen LogP contribution >= 0.6 is 0 Å². The van der Waals surface area contributed by atoms with Crippen molar-refractivity contribution in [1.29, 1.82) is 0 Å². The van der Waals surface area contributed by atoms with Crippen LogP contribution in [-0.4, -0.2) is 51.9 Å². The molecule has 0 aromatic heterocycles. The molecule has 8 nitrogen and oxygen atoms in total. The molecule has 0 fully saturated rings. The zero-order valence-corrected chi connectivity index (χ0v) is 21.7. The van der Waals surface area contributed by atoms with Crippen molar-refractivity contribution in [3.05, 3.63) is 90.0 Å². The second-order valence-corrected chi connectivity index (χ2v) is 10.2. The third-order valence-electron chi connectivity index (χ3n) is 5.86. The third-order valence-corrected chi connectivity index (χ3v) is 7.65. The molecule has 0 radical (unpaired) electrons. The number of likely N-dealkylation sites (N-methyl/N-ethyl adjacent to an activating group) is 1. The normalized spacial score (nSPS) is 11.9. The average molecular weight is 510 g/mol. The third kappa shape index (κ3) is 6.23. The predicted molar refractivity (Wildman–Crippen MR) is 139 cm³/mol. The van der Waals surface area contributed by atoms with E-state index >= 15 is 0 Å². The maximum atomic E-state index is 13.7. The van der Waals surface area contributed by atoms with Crippen molar-refractivity contribution < 1.29 is 22.7 Å². The number of hydrogen-bond donors (Lipinski definition) is 1. The van der Waals surface area contributed by atoms with Crippen LogP contribution in [0.5, 0.6) is 5.75 Å². The number of nitrogens with zero attached hydrogens (tertiary/aromatic N) is 2. The molecule has 3 rings (SSSR count). The maximum absolute atomic E-state index is 13.7. The minimum atomic E-state index is -4.06. The first kappa shape index (κ1) is 26.7. The lowest BCUT2D eigenvalue weighted by Gasteiger charge is -2.31. The van der Waals surface area contributed by atoms with Crippen molar-refractivity contribution in [1.82, 2.24) is 10.2 Å². The van der Waals surface area contributed by atoms with Gasteiger partial charge in [0.2, 0.25) is 11.8 Å². The molecule has 1 unspecified atom stereocenters. The van der Waals surface area contributed by atoms with Crippen molar-refractivity contribution >= 4 is 27.5 Å². The first-order valence-corrected chi connectivity index (χ1v) is 12.9. The van der Waals surface area contributed by atoms with Crippen molar-refractivity contribution in [3.8, 4) is 5.75 Å². The average Bonchev–Trinajstić information content (AvgIpc) is 2.90. The second kappa shape index (κ2) is 11.7. The zero-order chi connectivity index (χ0) is 26.3. The van der Waals surface area contributed by atoms with Crippen molar-refractivity contribution in [2.24, 2.45) is 0 Å². The molecule has 0 spiro atoms. The fourth-order valence-electron chi connectivity index (χ4n) is 3.68. The van der Waals surface area contributed by atoms with E-state index in [9.17, 15) is 18.0 Å². The summed E-state index contributed by atoms with van der Waals surface area (Å²) in [6.45, 7) is 3.12. The van der Waals surface area contributed by atoms with Crippen LogP contribution < -0.4 is 14.4 Å². The molecule has 0 heterocycles. The van der Waals surface area contributed by atoms with E-state index in [1.807, 2.05) is 6.92 Å². The Morgan fingerprint density at radius 2 is 1.56 bits per heavy atom. The first-order valence-electron chi connectivity index (χ1n) is 11.5. The van der Waals surface area contributed by atoms with Gasteiger partial charge in [-0.05, 0) is 55.8 Å². The Balaban J connectivity index is 1.98. The van der Waals surface area contributed by atoms with Crippen LogP contribution in [0.25, 0.3) is 0 Å². The molecule has 0 bridgehead atoms. The van der Waals surface area contributed by atoms with E-state index in [0.717, 1.165) is 15.4 Å². The van der Waals surface area contributed by atoms with Gasteiger partial charge in [-0.3, -0.25) is 13.9 Å². The number of aryl methyl sites for hydroxylation is 1. The molecule has 0 aliphatic carbocycles. The zero-order valence-electron chi connectivity index (χ0n) is 20.8. The number of hydrogen-bond acceptors (Lipinski definition) is 5. The van der Waals surface area contributed by atoms with Crippen LogP contribution in [0.15, 0.2) is 83.8 Å². The van der Waals surface area contributed by atoms with Crippen molar-refractivity contribution in [2.75, 3.05) is 25.0 Å². The smallest absolute Gasteiger partial charge is 0.264 e. The molecule has 190 valence electrons. The molecule has 0 saturated carbocycles. The number of anilines is 1. The Morgan fingerprint density at radius 3 is 2.11 bits per heavy atom. The number of benzene rings is 3. The number of ether oxygens (including phenoxy) is 1. The topological polar surface area (TPSA) is 96.0 Å². The van der Waals surface area contributed by atoms with Gasteiger partial charge >= 0.3 is 0 Å². The van der Waals surface area contributed by atoms with E-state index in [-0.39, 0.29) is 17.3 Å². The van der Waals surface area contributed by atoms with Gasteiger partial charge in [0, 0.05) is 13.6 Å². The van der Waals surface area contributed by atoms with Gasteiger partial charge in [0.15, 0.2) is 0 Å². The van der Waals surface area contributed by atoms with Gasteiger partial charge in [-0.1, -0.05) is 48.0 Å². The Labute approximate surface area is 212 Å². The fraction of sp³-hybridized carbons (Fsp3) is 0.259. The van der Waals surface area contributed by atoms with E-state index in [0.29, 0.717) is 11.4 Å². The lowest BCUT2D eigenvalue weighted by molar-refractivity contribution is -0.139. The molecule has 2 amide bonds. The van der Waals surface area contributed by atoms with Crippen LogP contribution in [0.2, 0.25) is 0 Å². The van der Waals surface area contributed by atoms with E-state index in [1.165, 1.54) is 24.1 Å². The van der Waals surface area contributed by atoms with Crippen LogP contribution in [0.3, 0.4) is 0 Å². The molecule has 1 N–H and O–H groups in total. The molecular formula is C27H31N3O5S. The molecule has 3 aromatic rings. The van der Waals surface area contributed by atoms with Crippen LogP contribution in [0, 0.1) is 6.92 Å². The Hall–Kier alpha value is -3.85. The van der Waals surface area contributed by atoms with Crippen LogP contribution in [0.1, 0.15) is 18.1 Å². The van der Waals surface area contributed by atoms with Crippen molar-refractivity contribution in [3.63, 3.8) is 0 Å². The minimum absolute atomic E-state index is 0.0748. The highest BCUT2D eigenvalue weighted by atomic mass is 32.2. The quantitative estimate of drug-likeness (QED) is 0.452. The minimum Gasteiger partial charge on any atom is -0.497 e. The molecule has 0 aliphatic rings. The Morgan fingerprint density at radius 1 is 0.944 bits per heavy atom. The highest BCUT2D eigenvalue weighted by Gasteiger charge is 2.32. The number of nitrogens with one attached hydrogen (secondary N) is 1. The van der Waals surface area contributed by atoms with E-state index in [2.05, 4.69) is 5.32 Å². The maximum Gasteiger partial charge on any atom is 0.264 e. The number of amides is 2. The van der Waals surface area contributed by atoms with Crippen molar-refractivity contribution in [2.45, 2.75) is 31.3 Å². The molecule has 9 heteroatoms. The van der Waals surface area contributed by atoms with Gasteiger partial charge in [-0.15, -0.1) is 0 Å². The van der Waals surface area contributed by atoms with E-state index in [1.54, 1.807) is 80.8 Å². The molecule has 3 aromatic carbocycles. The lowest BCUT2D eigenvalue weighted by atomic mass is 10.1.